The van der Waals surface area contributed by atoms with Gasteiger partial charge in [0.1, 0.15) is 11.2 Å². The van der Waals surface area contributed by atoms with Crippen LogP contribution in [0.2, 0.25) is 0 Å². The maximum absolute atomic E-state index is 6.46. The van der Waals surface area contributed by atoms with Crippen LogP contribution in [-0.2, 0) is 0 Å². The maximum Gasteiger partial charge on any atom is 0.136 e. The molecule has 0 aliphatic heterocycles. The van der Waals surface area contributed by atoms with Crippen molar-refractivity contribution in [1.29, 1.82) is 0 Å². The first-order valence-electron chi connectivity index (χ1n) is 18.4. The van der Waals surface area contributed by atoms with Crippen molar-refractivity contribution in [3.63, 3.8) is 0 Å². The Morgan fingerprint density at radius 1 is 0.278 bits per heavy atom. The molecule has 0 radical (unpaired) electrons. The molecule has 0 atom stereocenters. The molecule has 10 rings (SSSR count). The lowest BCUT2D eigenvalue weighted by Gasteiger charge is -2.26. The SMILES string of the molecule is c1ccc(-c2ccc(N(c3ccc(-c4ccc5c(-c6ccccc6)cc6oc7ccccc7c6c5c4)cc3)c3cccc(-c4ccccc4)c3)cc2)cc1. The van der Waals surface area contributed by atoms with Crippen molar-refractivity contribution in [2.45, 2.75) is 0 Å². The van der Waals surface area contributed by atoms with E-state index in [9.17, 15) is 0 Å². The summed E-state index contributed by atoms with van der Waals surface area (Å²) in [5.41, 5.74) is 14.5. The van der Waals surface area contributed by atoms with Crippen molar-refractivity contribution >= 4 is 49.8 Å². The Balaban J connectivity index is 1.09. The molecule has 2 nitrogen and oxygen atoms in total. The van der Waals surface area contributed by atoms with E-state index in [1.807, 2.05) is 6.07 Å². The van der Waals surface area contributed by atoms with E-state index in [2.05, 4.69) is 211 Å². The summed E-state index contributed by atoms with van der Waals surface area (Å²) in [6, 6.07) is 75.8. The molecule has 0 N–H and O–H groups in total. The van der Waals surface area contributed by atoms with Gasteiger partial charge in [-0.15, -0.1) is 0 Å². The van der Waals surface area contributed by atoms with Crippen LogP contribution in [0.5, 0.6) is 0 Å². The first kappa shape index (κ1) is 31.6. The lowest BCUT2D eigenvalue weighted by Crippen LogP contribution is -2.10. The molecule has 1 heterocycles. The fourth-order valence-electron chi connectivity index (χ4n) is 7.81. The normalized spacial score (nSPS) is 11.3. The number of hydrogen-bond donors (Lipinski definition) is 0. The first-order chi connectivity index (χ1) is 26.8. The summed E-state index contributed by atoms with van der Waals surface area (Å²) in [7, 11) is 0. The third-order valence-electron chi connectivity index (χ3n) is 10.5. The minimum atomic E-state index is 0.904. The van der Waals surface area contributed by atoms with Gasteiger partial charge in [-0.3, -0.25) is 0 Å². The van der Waals surface area contributed by atoms with E-state index < -0.39 is 0 Å². The number of furan rings is 1. The number of benzene rings is 9. The van der Waals surface area contributed by atoms with E-state index >= 15 is 0 Å². The van der Waals surface area contributed by atoms with Gasteiger partial charge in [-0.25, -0.2) is 0 Å². The second-order valence-electron chi connectivity index (χ2n) is 13.7. The summed E-state index contributed by atoms with van der Waals surface area (Å²) in [6.07, 6.45) is 0. The average Bonchev–Trinajstić information content (AvgIpc) is 3.64. The third kappa shape index (κ3) is 5.71. The van der Waals surface area contributed by atoms with Crippen molar-refractivity contribution in [3.8, 4) is 44.5 Å². The quantitative estimate of drug-likeness (QED) is 0.166. The highest BCUT2D eigenvalue weighted by Gasteiger charge is 2.17. The van der Waals surface area contributed by atoms with Gasteiger partial charge in [0, 0.05) is 27.8 Å². The number of fused-ring (bicyclic) bond motifs is 5. The van der Waals surface area contributed by atoms with Gasteiger partial charge >= 0.3 is 0 Å². The van der Waals surface area contributed by atoms with E-state index in [1.54, 1.807) is 0 Å². The van der Waals surface area contributed by atoms with Crippen LogP contribution >= 0.6 is 0 Å². The summed E-state index contributed by atoms with van der Waals surface area (Å²) in [5.74, 6) is 0. The zero-order valence-electron chi connectivity index (χ0n) is 29.6. The van der Waals surface area contributed by atoms with Gasteiger partial charge in [0.15, 0.2) is 0 Å². The molecule has 254 valence electrons. The third-order valence-corrected chi connectivity index (χ3v) is 10.5. The zero-order chi connectivity index (χ0) is 35.8. The highest BCUT2D eigenvalue weighted by Crippen LogP contribution is 2.43. The van der Waals surface area contributed by atoms with Crippen LogP contribution in [0.4, 0.5) is 17.1 Å². The van der Waals surface area contributed by atoms with Gasteiger partial charge < -0.3 is 9.32 Å². The summed E-state index contributed by atoms with van der Waals surface area (Å²) in [6.45, 7) is 0. The minimum absolute atomic E-state index is 0.904. The Kier molecular flexibility index (Phi) is 7.85. The van der Waals surface area contributed by atoms with Gasteiger partial charge in [-0.05, 0) is 110 Å². The molecule has 0 aliphatic carbocycles. The average molecular weight is 690 g/mol. The molecule has 0 saturated carbocycles. The number of hydrogen-bond acceptors (Lipinski definition) is 2. The predicted octanol–water partition coefficient (Wildman–Crippen LogP) is 14.9. The van der Waals surface area contributed by atoms with Crippen molar-refractivity contribution in [1.82, 2.24) is 0 Å². The van der Waals surface area contributed by atoms with Crippen LogP contribution in [0.15, 0.2) is 217 Å². The van der Waals surface area contributed by atoms with Gasteiger partial charge in [0.05, 0.1) is 0 Å². The van der Waals surface area contributed by atoms with Gasteiger partial charge in [-0.1, -0.05) is 158 Å². The molecular weight excluding hydrogens is 655 g/mol. The highest BCUT2D eigenvalue weighted by molar-refractivity contribution is 6.22. The number of anilines is 3. The van der Waals surface area contributed by atoms with Gasteiger partial charge in [0.25, 0.3) is 0 Å². The molecule has 0 aliphatic rings. The zero-order valence-corrected chi connectivity index (χ0v) is 29.6. The van der Waals surface area contributed by atoms with E-state index in [-0.39, 0.29) is 0 Å². The second-order valence-corrected chi connectivity index (χ2v) is 13.7. The Morgan fingerprint density at radius 2 is 0.778 bits per heavy atom. The van der Waals surface area contributed by atoms with Crippen molar-refractivity contribution in [2.75, 3.05) is 4.90 Å². The lowest BCUT2D eigenvalue weighted by molar-refractivity contribution is 0.669. The summed E-state index contributed by atoms with van der Waals surface area (Å²) >= 11 is 0. The highest BCUT2D eigenvalue weighted by atomic mass is 16.3. The van der Waals surface area contributed by atoms with Crippen LogP contribution in [-0.4, -0.2) is 0 Å². The molecule has 0 unspecified atom stereocenters. The summed E-state index contributed by atoms with van der Waals surface area (Å²) < 4.78 is 6.46. The van der Waals surface area contributed by atoms with Crippen LogP contribution < -0.4 is 4.90 Å². The molecule has 1 aromatic heterocycles. The molecule has 0 amide bonds. The number of nitrogens with zero attached hydrogens (tertiary/aromatic N) is 1. The Morgan fingerprint density at radius 3 is 1.44 bits per heavy atom. The minimum Gasteiger partial charge on any atom is -0.456 e. The lowest BCUT2D eigenvalue weighted by atomic mass is 9.92. The first-order valence-corrected chi connectivity index (χ1v) is 18.4. The molecule has 9 aromatic carbocycles. The van der Waals surface area contributed by atoms with Crippen molar-refractivity contribution in [2.24, 2.45) is 0 Å². The van der Waals surface area contributed by atoms with Gasteiger partial charge in [-0.2, -0.15) is 0 Å². The molecule has 0 fully saturated rings. The van der Waals surface area contributed by atoms with Crippen LogP contribution in [0, 0.1) is 0 Å². The molecular formula is C52H35NO. The molecule has 0 saturated heterocycles. The fraction of sp³-hybridized carbons (Fsp3) is 0. The molecule has 0 spiro atoms. The maximum atomic E-state index is 6.46. The van der Waals surface area contributed by atoms with E-state index in [4.69, 9.17) is 4.42 Å². The monoisotopic (exact) mass is 689 g/mol. The Hall–Kier alpha value is -7.16. The molecule has 10 aromatic rings. The van der Waals surface area contributed by atoms with Crippen molar-refractivity contribution in [3.05, 3.63) is 212 Å². The van der Waals surface area contributed by atoms with Crippen LogP contribution in [0.1, 0.15) is 0 Å². The predicted molar refractivity (Wildman–Crippen MR) is 228 cm³/mol. The van der Waals surface area contributed by atoms with E-state index in [1.165, 1.54) is 44.2 Å². The van der Waals surface area contributed by atoms with E-state index in [0.29, 0.717) is 0 Å². The standard InChI is InChI=1S/C52H35NO/c1-4-13-36(14-5-1)38-23-28-43(29-24-38)53(45-20-12-19-41(33-45)37-15-6-2-7-16-37)44-30-25-39(26-31-44)42-27-32-46-48(40-17-8-3-9-18-40)35-51-52(49(46)34-42)47-21-10-11-22-50(47)54-51/h1-35H. The number of para-hydroxylation sites is 1. The van der Waals surface area contributed by atoms with Crippen LogP contribution in [0.3, 0.4) is 0 Å². The molecule has 2 heteroatoms. The Labute approximate surface area is 314 Å². The number of rotatable bonds is 7. The summed E-state index contributed by atoms with van der Waals surface area (Å²) in [4.78, 5) is 2.35. The van der Waals surface area contributed by atoms with Crippen molar-refractivity contribution < 1.29 is 4.42 Å². The van der Waals surface area contributed by atoms with Crippen LogP contribution in [0.25, 0.3) is 77.2 Å². The molecule has 54 heavy (non-hydrogen) atoms. The van der Waals surface area contributed by atoms with Gasteiger partial charge in [0.2, 0.25) is 0 Å². The smallest absolute Gasteiger partial charge is 0.136 e. The Bertz CT molecular complexity index is 2890. The summed E-state index contributed by atoms with van der Waals surface area (Å²) in [5, 5.41) is 4.69. The second kappa shape index (κ2) is 13.4. The van der Waals surface area contributed by atoms with E-state index in [0.717, 1.165) is 50.1 Å². The largest absolute Gasteiger partial charge is 0.456 e. The fourth-order valence-corrected chi connectivity index (χ4v) is 7.81. The topological polar surface area (TPSA) is 16.4 Å². The molecule has 0 bridgehead atoms.